The molecule has 0 N–H and O–H groups in total. The third-order valence-electron chi connectivity index (χ3n) is 6.10. The van der Waals surface area contributed by atoms with Crippen LogP contribution in [-0.4, -0.2) is 0 Å². The first kappa shape index (κ1) is 7.41. The molecule has 2 atom stereocenters. The quantitative estimate of drug-likeness (QED) is 0.513. The Hall–Kier alpha value is 0. The summed E-state index contributed by atoms with van der Waals surface area (Å²) in [4.78, 5) is 0. The fourth-order valence-corrected chi connectivity index (χ4v) is 4.51. The monoisotopic (exact) mass is 164 g/mol. The predicted octanol–water partition coefficient (Wildman–Crippen LogP) is 3.61. The Kier molecular flexibility index (Phi) is 1.00. The van der Waals surface area contributed by atoms with Crippen LogP contribution < -0.4 is 0 Å². The maximum atomic E-state index is 2.58. The second kappa shape index (κ2) is 1.63. The average Bonchev–Trinajstić information content (AvgIpc) is 2.69. The normalized spacial score (nSPS) is 51.8. The third-order valence-corrected chi connectivity index (χ3v) is 6.10. The van der Waals surface area contributed by atoms with Crippen molar-refractivity contribution in [2.75, 3.05) is 0 Å². The molecule has 12 heavy (non-hydrogen) atoms. The van der Waals surface area contributed by atoms with Crippen molar-refractivity contribution < 1.29 is 0 Å². The van der Waals surface area contributed by atoms with Gasteiger partial charge in [-0.2, -0.15) is 0 Å². The van der Waals surface area contributed by atoms with Gasteiger partial charge in [0, 0.05) is 0 Å². The molecular formula is C12H20. The zero-order valence-corrected chi connectivity index (χ0v) is 8.61. The summed E-state index contributed by atoms with van der Waals surface area (Å²) >= 11 is 0. The van der Waals surface area contributed by atoms with Crippen LogP contribution in [0, 0.1) is 22.2 Å². The van der Waals surface area contributed by atoms with Crippen molar-refractivity contribution in [2.45, 2.75) is 52.9 Å². The molecule has 2 unspecified atom stereocenters. The van der Waals surface area contributed by atoms with E-state index in [1.54, 1.807) is 19.3 Å². The van der Waals surface area contributed by atoms with Crippen molar-refractivity contribution in [3.8, 4) is 0 Å². The summed E-state index contributed by atoms with van der Waals surface area (Å²) in [5, 5.41) is 0. The fraction of sp³-hybridized carbons (Fsp3) is 1.00. The Bertz CT molecular complexity index is 234. The smallest absolute Gasteiger partial charge is 0.0215 e. The van der Waals surface area contributed by atoms with Gasteiger partial charge in [-0.05, 0) is 54.3 Å². The van der Waals surface area contributed by atoms with E-state index in [4.69, 9.17) is 0 Å². The van der Waals surface area contributed by atoms with Crippen molar-refractivity contribution in [2.24, 2.45) is 22.2 Å². The number of hydrogen-bond acceptors (Lipinski definition) is 0. The molecule has 3 rings (SSSR count). The molecule has 3 fully saturated rings. The van der Waals surface area contributed by atoms with E-state index >= 15 is 0 Å². The van der Waals surface area contributed by atoms with Crippen LogP contribution in [0.5, 0.6) is 0 Å². The van der Waals surface area contributed by atoms with Gasteiger partial charge in [0.05, 0.1) is 0 Å². The maximum Gasteiger partial charge on any atom is -0.0215 e. The van der Waals surface area contributed by atoms with Gasteiger partial charge in [-0.3, -0.25) is 0 Å². The topological polar surface area (TPSA) is 0 Å². The second-order valence-corrected chi connectivity index (χ2v) is 6.27. The van der Waals surface area contributed by atoms with Gasteiger partial charge in [0.1, 0.15) is 0 Å². The molecule has 1 spiro atoms. The lowest BCUT2D eigenvalue weighted by Crippen LogP contribution is -2.33. The fourth-order valence-electron chi connectivity index (χ4n) is 4.51. The minimum Gasteiger partial charge on any atom is -0.0591 e. The number of hydrogen-bond donors (Lipinski definition) is 0. The van der Waals surface area contributed by atoms with E-state index in [0.29, 0.717) is 10.8 Å². The minimum atomic E-state index is 0.656. The van der Waals surface area contributed by atoms with E-state index < -0.39 is 0 Å². The largest absolute Gasteiger partial charge is 0.0591 e. The Labute approximate surface area is 75.7 Å². The summed E-state index contributed by atoms with van der Waals surface area (Å²) in [5.41, 5.74) is 2.20. The van der Waals surface area contributed by atoms with E-state index in [-0.39, 0.29) is 0 Å². The van der Waals surface area contributed by atoms with Crippen LogP contribution in [0.3, 0.4) is 0 Å². The SMILES string of the molecule is CC1(C)C2CCC1(C)C1(CC1)C2. The van der Waals surface area contributed by atoms with Gasteiger partial charge in [-0.15, -0.1) is 0 Å². The highest BCUT2D eigenvalue weighted by atomic mass is 14.8. The molecule has 0 aromatic carbocycles. The highest BCUT2D eigenvalue weighted by Crippen LogP contribution is 2.81. The molecule has 0 aromatic heterocycles. The molecule has 0 saturated heterocycles. The second-order valence-electron chi connectivity index (χ2n) is 6.27. The van der Waals surface area contributed by atoms with E-state index in [0.717, 1.165) is 11.3 Å². The maximum absolute atomic E-state index is 2.58. The van der Waals surface area contributed by atoms with E-state index in [9.17, 15) is 0 Å². The zero-order chi connectivity index (χ0) is 8.61. The molecule has 0 heterocycles. The molecule has 2 bridgehead atoms. The molecule has 0 heteroatoms. The van der Waals surface area contributed by atoms with Crippen LogP contribution in [0.1, 0.15) is 52.9 Å². The standard InChI is InChI=1S/C12H20/c1-10(2)9-4-5-11(10,3)12(8-9)6-7-12/h9H,4-8H2,1-3H3. The highest BCUT2D eigenvalue weighted by Gasteiger charge is 2.72. The lowest BCUT2D eigenvalue weighted by atomic mass is 9.65. The van der Waals surface area contributed by atoms with Gasteiger partial charge in [-0.25, -0.2) is 0 Å². The molecule has 0 aliphatic heterocycles. The van der Waals surface area contributed by atoms with Crippen molar-refractivity contribution in [3.63, 3.8) is 0 Å². The highest BCUT2D eigenvalue weighted by molar-refractivity contribution is 5.21. The summed E-state index contributed by atoms with van der Waals surface area (Å²) in [5.74, 6) is 1.06. The summed E-state index contributed by atoms with van der Waals surface area (Å²) in [6.45, 7) is 7.63. The Morgan fingerprint density at radius 3 is 1.92 bits per heavy atom. The Balaban J connectivity index is 2.12. The van der Waals surface area contributed by atoms with E-state index in [1.165, 1.54) is 12.8 Å². The molecule has 0 aromatic rings. The predicted molar refractivity (Wildman–Crippen MR) is 50.9 cm³/mol. The molecule has 3 aliphatic carbocycles. The van der Waals surface area contributed by atoms with Gasteiger partial charge in [-0.1, -0.05) is 20.8 Å². The van der Waals surface area contributed by atoms with Crippen molar-refractivity contribution in [3.05, 3.63) is 0 Å². The average molecular weight is 164 g/mol. The summed E-state index contributed by atoms with van der Waals surface area (Å²) in [6.07, 6.45) is 7.69. The molecule has 68 valence electrons. The molecule has 0 nitrogen and oxygen atoms in total. The van der Waals surface area contributed by atoms with E-state index in [1.807, 2.05) is 0 Å². The molecule has 0 amide bonds. The number of fused-ring (bicyclic) bond motifs is 3. The summed E-state index contributed by atoms with van der Waals surface area (Å²) in [6, 6.07) is 0. The minimum absolute atomic E-state index is 0.656. The van der Waals surface area contributed by atoms with Gasteiger partial charge in [0.2, 0.25) is 0 Å². The first-order valence-corrected chi connectivity index (χ1v) is 5.52. The Morgan fingerprint density at radius 2 is 1.67 bits per heavy atom. The van der Waals surface area contributed by atoms with Crippen molar-refractivity contribution in [1.82, 2.24) is 0 Å². The first-order chi connectivity index (χ1) is 5.52. The van der Waals surface area contributed by atoms with Crippen LogP contribution in [0.25, 0.3) is 0 Å². The molecule has 0 radical (unpaired) electrons. The van der Waals surface area contributed by atoms with Crippen LogP contribution in [0.15, 0.2) is 0 Å². The zero-order valence-electron chi connectivity index (χ0n) is 8.61. The molecular weight excluding hydrogens is 144 g/mol. The lowest BCUT2D eigenvalue weighted by Gasteiger charge is -2.39. The van der Waals surface area contributed by atoms with Gasteiger partial charge < -0.3 is 0 Å². The number of rotatable bonds is 0. The molecule has 3 saturated carbocycles. The summed E-state index contributed by atoms with van der Waals surface area (Å²) in [7, 11) is 0. The summed E-state index contributed by atoms with van der Waals surface area (Å²) < 4.78 is 0. The Morgan fingerprint density at radius 1 is 1.00 bits per heavy atom. The van der Waals surface area contributed by atoms with Crippen LogP contribution in [0.2, 0.25) is 0 Å². The van der Waals surface area contributed by atoms with Crippen LogP contribution >= 0.6 is 0 Å². The van der Waals surface area contributed by atoms with Crippen molar-refractivity contribution in [1.29, 1.82) is 0 Å². The van der Waals surface area contributed by atoms with Crippen LogP contribution in [0.4, 0.5) is 0 Å². The third kappa shape index (κ3) is 0.506. The van der Waals surface area contributed by atoms with E-state index in [2.05, 4.69) is 20.8 Å². The van der Waals surface area contributed by atoms with Crippen LogP contribution in [-0.2, 0) is 0 Å². The first-order valence-electron chi connectivity index (χ1n) is 5.52. The van der Waals surface area contributed by atoms with Gasteiger partial charge >= 0.3 is 0 Å². The molecule has 3 aliphatic rings. The van der Waals surface area contributed by atoms with Gasteiger partial charge in [0.25, 0.3) is 0 Å². The van der Waals surface area contributed by atoms with Crippen molar-refractivity contribution >= 4 is 0 Å². The van der Waals surface area contributed by atoms with Gasteiger partial charge in [0.15, 0.2) is 0 Å². The lowest BCUT2D eigenvalue weighted by molar-refractivity contribution is 0.0880.